The summed E-state index contributed by atoms with van der Waals surface area (Å²) in [6, 6.07) is 4.18. The molecule has 1 aromatic carbocycles. The van der Waals surface area contributed by atoms with Gasteiger partial charge in [0.1, 0.15) is 11.7 Å². The van der Waals surface area contributed by atoms with Crippen LogP contribution in [0.4, 0.5) is 0 Å². The van der Waals surface area contributed by atoms with Crippen LogP contribution in [0.25, 0.3) is 0 Å². The van der Waals surface area contributed by atoms with Gasteiger partial charge in [-0.15, -0.1) is 0 Å². The van der Waals surface area contributed by atoms with E-state index >= 15 is 0 Å². The number of ketones is 2. The molecule has 1 saturated heterocycles. The van der Waals surface area contributed by atoms with Gasteiger partial charge in [-0.05, 0) is 6.07 Å². The lowest BCUT2D eigenvalue weighted by Crippen LogP contribution is -2.64. The Morgan fingerprint density at radius 2 is 1.50 bits per heavy atom. The Morgan fingerprint density at radius 1 is 0.895 bits per heavy atom. The molecule has 1 spiro atoms. The molecule has 0 unspecified atom stereocenters. The van der Waals surface area contributed by atoms with Crippen molar-refractivity contribution in [1.82, 2.24) is 0 Å². The predicted octanol–water partition coefficient (Wildman–Crippen LogP) is 0.630. The molecule has 2 N–H and O–H groups in total. The largest absolute Gasteiger partial charge is 0.593 e. The molecule has 202 valence electrons. The van der Waals surface area contributed by atoms with E-state index in [1.807, 2.05) is 0 Å². The minimum Gasteiger partial charge on any atom is -0.593 e. The number of hydrogen-bond donors (Lipinski definition) is 0. The van der Waals surface area contributed by atoms with E-state index in [4.69, 9.17) is 33.5 Å². The lowest BCUT2D eigenvalue weighted by Gasteiger charge is -2.45. The van der Waals surface area contributed by atoms with Crippen molar-refractivity contribution in [3.63, 3.8) is 0 Å². The summed E-state index contributed by atoms with van der Waals surface area (Å²) in [6.07, 6.45) is -6.24. The molecule has 4 rings (SSSR count). The maximum Gasteiger partial charge on any atom is 0.303 e. The Bertz CT molecular complexity index is 1260. The van der Waals surface area contributed by atoms with Crippen LogP contribution in [-0.4, -0.2) is 76.9 Å². The molecule has 1 aromatic rings. The predicted molar refractivity (Wildman–Crippen MR) is 122 cm³/mol. The van der Waals surface area contributed by atoms with Crippen molar-refractivity contribution in [3.8, 4) is 5.75 Å². The molecule has 13 heteroatoms. The van der Waals surface area contributed by atoms with E-state index < -0.39 is 77.5 Å². The summed E-state index contributed by atoms with van der Waals surface area (Å²) in [7, 11) is 0. The average molecular weight is 533 g/mol. The minimum absolute atomic E-state index is 0.0113. The number of carbonyl (C=O) groups excluding carboxylic acids is 6. The van der Waals surface area contributed by atoms with Gasteiger partial charge in [-0.3, -0.25) is 28.8 Å². The van der Waals surface area contributed by atoms with E-state index in [9.17, 15) is 28.8 Å². The van der Waals surface area contributed by atoms with Crippen molar-refractivity contribution in [2.45, 2.75) is 70.4 Å². The number of ether oxygens (including phenoxy) is 6. The molecule has 2 aliphatic carbocycles. The molecular weight excluding hydrogens is 508 g/mol. The van der Waals surface area contributed by atoms with Gasteiger partial charge in [0.05, 0.1) is 0 Å². The second kappa shape index (κ2) is 9.89. The smallest absolute Gasteiger partial charge is 0.303 e. The standard InChI is InChI=1S/C25H24O13/c1-10(26)33-18-9-25(18)23(36-13(4)29)21(34-11(2)27)22(35-12(3)28)24(38-25)37-17-8-16(31)14-6-5-7-15(30)19(14)20(17)32/h5-8,18,21-24,30H,9H2,1-4H3/p+1/t18-,21+,22+,23-,24+,25-/m0/s1. The molecule has 38 heavy (non-hydrogen) atoms. The number of Topliss-reactive ketones (excluding diaryl/α,β-unsaturated/α-hetero) is 1. The van der Waals surface area contributed by atoms with Crippen LogP contribution in [0.3, 0.4) is 0 Å². The van der Waals surface area contributed by atoms with Gasteiger partial charge in [0.25, 0.3) is 5.75 Å². The third kappa shape index (κ3) is 4.96. The molecule has 13 nitrogen and oxygen atoms in total. The first-order chi connectivity index (χ1) is 17.8. The van der Waals surface area contributed by atoms with Crippen molar-refractivity contribution in [3.05, 3.63) is 41.2 Å². The first-order valence-corrected chi connectivity index (χ1v) is 11.5. The quantitative estimate of drug-likeness (QED) is 0.283. The highest BCUT2D eigenvalue weighted by Gasteiger charge is 2.74. The van der Waals surface area contributed by atoms with Crippen LogP contribution in [0, 0.1) is 0 Å². The Morgan fingerprint density at radius 3 is 2.11 bits per heavy atom. The first kappa shape index (κ1) is 26.8. The molecule has 0 bridgehead atoms. The van der Waals surface area contributed by atoms with Crippen LogP contribution in [0.1, 0.15) is 54.8 Å². The molecule has 0 aromatic heterocycles. The van der Waals surface area contributed by atoms with E-state index in [0.29, 0.717) is 0 Å². The summed E-state index contributed by atoms with van der Waals surface area (Å²) in [6.45, 7) is 4.38. The Labute approximate surface area is 215 Å². The van der Waals surface area contributed by atoms with E-state index in [1.165, 1.54) is 18.2 Å². The van der Waals surface area contributed by atoms with Crippen LogP contribution in [0.2, 0.25) is 0 Å². The molecule has 1 aliphatic heterocycles. The lowest BCUT2D eigenvalue weighted by molar-refractivity contribution is -0.308. The van der Waals surface area contributed by atoms with Crippen molar-refractivity contribution < 1.29 is 62.3 Å². The van der Waals surface area contributed by atoms with E-state index in [1.54, 1.807) is 0 Å². The highest BCUT2D eigenvalue weighted by molar-refractivity contribution is 6.24. The molecule has 1 heterocycles. The Balaban J connectivity index is 1.76. The maximum atomic E-state index is 13.2. The third-order valence-corrected chi connectivity index (χ3v) is 6.09. The molecule has 0 amide bonds. The third-order valence-electron chi connectivity index (χ3n) is 6.09. The van der Waals surface area contributed by atoms with Crippen molar-refractivity contribution >= 4 is 35.4 Å². The van der Waals surface area contributed by atoms with Crippen molar-refractivity contribution in [1.29, 1.82) is 0 Å². The zero-order valence-corrected chi connectivity index (χ0v) is 20.8. The Hall–Kier alpha value is -4.26. The van der Waals surface area contributed by atoms with Crippen molar-refractivity contribution in [2.24, 2.45) is 0 Å². The van der Waals surface area contributed by atoms with Crippen molar-refractivity contribution in [2.75, 3.05) is 0 Å². The summed E-state index contributed by atoms with van der Waals surface area (Å²) >= 11 is 0. The molecule has 6 atom stereocenters. The second-order valence-corrected chi connectivity index (χ2v) is 8.97. The number of esters is 4. The SMILES string of the molecule is CC(=O)O[C@@H]1[C@@H](OC(C)=O)[C@H](OC2=CC(=O)c3cccc([OH2+])c3C2=O)O[C@]2(C[C@@H]2OC(C)=O)[C@H]1OC(C)=O. The normalized spacial score (nSPS) is 29.5. The van der Waals surface area contributed by atoms with E-state index in [-0.39, 0.29) is 23.3 Å². The summed E-state index contributed by atoms with van der Waals surface area (Å²) < 4.78 is 33.2. The number of rotatable bonds is 6. The van der Waals surface area contributed by atoms with Crippen LogP contribution >= 0.6 is 0 Å². The summed E-state index contributed by atoms with van der Waals surface area (Å²) in [5, 5.41) is 8.07. The average Bonchev–Trinajstić information content (AvgIpc) is 3.47. The molecule has 0 radical (unpaired) electrons. The lowest BCUT2D eigenvalue weighted by atomic mass is 9.92. The maximum absolute atomic E-state index is 13.2. The monoisotopic (exact) mass is 533 g/mol. The zero-order chi connectivity index (χ0) is 27.9. The number of fused-ring (bicyclic) bond motifs is 1. The van der Waals surface area contributed by atoms with Crippen LogP contribution < -0.4 is 0 Å². The number of allylic oxidation sites excluding steroid dienone is 2. The zero-order valence-electron chi connectivity index (χ0n) is 20.8. The van der Waals surface area contributed by atoms with Gasteiger partial charge in [-0.2, -0.15) is 0 Å². The van der Waals surface area contributed by atoms with Crippen LogP contribution in [0.15, 0.2) is 30.0 Å². The van der Waals surface area contributed by atoms with Crippen LogP contribution in [0.5, 0.6) is 5.75 Å². The van der Waals surface area contributed by atoms with Gasteiger partial charge in [0, 0.05) is 51.8 Å². The molecule has 1 saturated carbocycles. The van der Waals surface area contributed by atoms with Crippen LogP contribution in [-0.2, 0) is 47.6 Å². The summed E-state index contributed by atoms with van der Waals surface area (Å²) in [5.41, 5.74) is -1.76. The van der Waals surface area contributed by atoms with Gasteiger partial charge in [0.15, 0.2) is 29.4 Å². The second-order valence-electron chi connectivity index (χ2n) is 8.97. The fraction of sp³-hybridized carbons (Fsp3) is 0.440. The van der Waals surface area contributed by atoms with Gasteiger partial charge < -0.3 is 33.5 Å². The molecule has 3 aliphatic rings. The number of benzene rings is 1. The number of hydrogen-bond acceptors (Lipinski definition) is 12. The van der Waals surface area contributed by atoms with E-state index in [2.05, 4.69) is 0 Å². The van der Waals surface area contributed by atoms with Gasteiger partial charge >= 0.3 is 23.9 Å². The number of carbonyl (C=O) groups is 6. The van der Waals surface area contributed by atoms with Gasteiger partial charge in [0.2, 0.25) is 18.2 Å². The van der Waals surface area contributed by atoms with Gasteiger partial charge in [-0.1, -0.05) is 6.07 Å². The fourth-order valence-electron chi connectivity index (χ4n) is 4.62. The highest BCUT2D eigenvalue weighted by atomic mass is 16.8. The first-order valence-electron chi connectivity index (χ1n) is 11.5. The highest BCUT2D eigenvalue weighted by Crippen LogP contribution is 2.53. The van der Waals surface area contributed by atoms with E-state index in [0.717, 1.165) is 33.8 Å². The summed E-state index contributed by atoms with van der Waals surface area (Å²) in [5.74, 6) is -5.29. The Kier molecular flexibility index (Phi) is 6.98. The fourth-order valence-corrected chi connectivity index (χ4v) is 4.62. The summed E-state index contributed by atoms with van der Waals surface area (Å²) in [4.78, 5) is 73.6. The topological polar surface area (TPSA) is 181 Å². The molecular formula is C25H25O13+. The minimum atomic E-state index is -1.68. The molecule has 2 fully saturated rings. The van der Waals surface area contributed by atoms with Gasteiger partial charge in [-0.25, -0.2) is 0 Å².